The first-order chi connectivity index (χ1) is 14.7. The summed E-state index contributed by atoms with van der Waals surface area (Å²) in [4.78, 5) is 39.7. The maximum Gasteiger partial charge on any atom is 0.295 e. The number of methoxy groups -OCH3 is 1. The normalized spacial score (nSPS) is 17.9. The van der Waals surface area contributed by atoms with Crippen molar-refractivity contribution in [3.8, 4) is 5.75 Å². The van der Waals surface area contributed by atoms with Crippen molar-refractivity contribution in [3.63, 3.8) is 0 Å². The number of nitro groups is 1. The Labute approximate surface area is 179 Å². The van der Waals surface area contributed by atoms with E-state index < -0.39 is 22.7 Å². The SMILES string of the molecule is COc1cccc(C(O)=C2C(=O)C(=O)N(CCN(C)C)C2c2cccc([N+](=O)[O-])c2)c1. The second-order valence-electron chi connectivity index (χ2n) is 7.38. The summed E-state index contributed by atoms with van der Waals surface area (Å²) >= 11 is 0. The van der Waals surface area contributed by atoms with Gasteiger partial charge in [-0.3, -0.25) is 19.7 Å². The van der Waals surface area contributed by atoms with Crippen LogP contribution in [0.15, 0.2) is 54.1 Å². The lowest BCUT2D eigenvalue weighted by Crippen LogP contribution is -2.35. The Hall–Kier alpha value is -3.72. The molecule has 9 nitrogen and oxygen atoms in total. The minimum absolute atomic E-state index is 0.113. The summed E-state index contributed by atoms with van der Waals surface area (Å²) < 4.78 is 5.18. The third-order valence-corrected chi connectivity index (χ3v) is 5.07. The summed E-state index contributed by atoms with van der Waals surface area (Å²) in [6.07, 6.45) is 0. The van der Waals surface area contributed by atoms with Crippen LogP contribution in [-0.2, 0) is 9.59 Å². The molecule has 31 heavy (non-hydrogen) atoms. The topological polar surface area (TPSA) is 113 Å². The average molecular weight is 425 g/mol. The van der Waals surface area contributed by atoms with Crippen molar-refractivity contribution < 1.29 is 24.4 Å². The van der Waals surface area contributed by atoms with Crippen LogP contribution in [0.2, 0.25) is 0 Å². The molecule has 9 heteroatoms. The molecule has 1 atom stereocenters. The lowest BCUT2D eigenvalue weighted by atomic mass is 9.95. The van der Waals surface area contributed by atoms with E-state index in [0.717, 1.165) is 0 Å². The van der Waals surface area contributed by atoms with Gasteiger partial charge in [-0.15, -0.1) is 0 Å². The number of ketones is 1. The summed E-state index contributed by atoms with van der Waals surface area (Å²) in [5, 5.41) is 22.3. The van der Waals surface area contributed by atoms with Crippen molar-refractivity contribution in [1.29, 1.82) is 0 Å². The number of likely N-dealkylation sites (N-methyl/N-ethyl adjacent to an activating group) is 1. The molecule has 0 aliphatic carbocycles. The number of benzene rings is 2. The van der Waals surface area contributed by atoms with Gasteiger partial charge in [-0.25, -0.2) is 0 Å². The van der Waals surface area contributed by atoms with Gasteiger partial charge in [0.05, 0.1) is 23.6 Å². The number of amides is 1. The number of aliphatic hydroxyl groups excluding tert-OH is 1. The lowest BCUT2D eigenvalue weighted by molar-refractivity contribution is -0.384. The van der Waals surface area contributed by atoms with E-state index >= 15 is 0 Å². The van der Waals surface area contributed by atoms with Crippen molar-refractivity contribution in [1.82, 2.24) is 9.80 Å². The third-order valence-electron chi connectivity index (χ3n) is 5.07. The molecule has 1 aliphatic heterocycles. The van der Waals surface area contributed by atoms with E-state index in [1.807, 2.05) is 19.0 Å². The number of nitrogens with zero attached hydrogens (tertiary/aromatic N) is 3. The molecule has 0 saturated carbocycles. The summed E-state index contributed by atoms with van der Waals surface area (Å²) in [6.45, 7) is 0.678. The van der Waals surface area contributed by atoms with Gasteiger partial charge in [0, 0.05) is 30.8 Å². The minimum atomic E-state index is -0.953. The quantitative estimate of drug-likeness (QED) is 0.238. The fourth-order valence-corrected chi connectivity index (χ4v) is 3.50. The third kappa shape index (κ3) is 4.41. The standard InChI is InChI=1S/C22H23N3O6/c1-23(2)10-11-24-19(14-6-4-8-16(12-14)25(29)30)18(21(27)22(24)28)20(26)15-7-5-9-17(13-15)31-3/h4-9,12-13,19,26H,10-11H2,1-3H3. The zero-order chi connectivity index (χ0) is 22.7. The molecular weight excluding hydrogens is 402 g/mol. The molecule has 1 fully saturated rings. The Bertz CT molecular complexity index is 1060. The summed E-state index contributed by atoms with van der Waals surface area (Å²) in [7, 11) is 5.13. The van der Waals surface area contributed by atoms with Gasteiger partial charge >= 0.3 is 0 Å². The highest BCUT2D eigenvalue weighted by Crippen LogP contribution is 2.40. The molecule has 3 rings (SSSR count). The van der Waals surface area contributed by atoms with Crippen LogP contribution in [0.1, 0.15) is 17.2 Å². The van der Waals surface area contributed by atoms with Crippen LogP contribution in [0.25, 0.3) is 5.76 Å². The van der Waals surface area contributed by atoms with Crippen molar-refractivity contribution in [2.45, 2.75) is 6.04 Å². The first kappa shape index (κ1) is 22.0. The number of nitro benzene ring substituents is 1. The zero-order valence-electron chi connectivity index (χ0n) is 17.4. The number of rotatable bonds is 7. The van der Waals surface area contributed by atoms with Gasteiger partial charge < -0.3 is 19.6 Å². The van der Waals surface area contributed by atoms with Gasteiger partial charge in [0.15, 0.2) is 0 Å². The molecule has 1 unspecified atom stereocenters. The molecule has 2 aromatic carbocycles. The molecule has 0 radical (unpaired) electrons. The Morgan fingerprint density at radius 3 is 2.55 bits per heavy atom. The number of carbonyl (C=O) groups excluding carboxylic acids is 2. The van der Waals surface area contributed by atoms with Crippen molar-refractivity contribution in [2.24, 2.45) is 0 Å². The number of likely N-dealkylation sites (tertiary alicyclic amines) is 1. The highest BCUT2D eigenvalue weighted by molar-refractivity contribution is 6.46. The van der Waals surface area contributed by atoms with Crippen LogP contribution in [0.3, 0.4) is 0 Å². The van der Waals surface area contributed by atoms with Gasteiger partial charge in [-0.05, 0) is 31.8 Å². The molecule has 1 N–H and O–H groups in total. The number of aliphatic hydroxyl groups is 1. The number of ether oxygens (including phenoxy) is 1. The Balaban J connectivity index is 2.19. The monoisotopic (exact) mass is 425 g/mol. The number of carbonyl (C=O) groups is 2. The first-order valence-corrected chi connectivity index (χ1v) is 9.56. The van der Waals surface area contributed by atoms with Gasteiger partial charge in [-0.1, -0.05) is 24.3 Å². The molecule has 162 valence electrons. The fraction of sp³-hybridized carbons (Fsp3) is 0.273. The average Bonchev–Trinajstić information content (AvgIpc) is 3.02. The van der Waals surface area contributed by atoms with E-state index in [-0.39, 0.29) is 23.6 Å². The molecule has 1 aliphatic rings. The van der Waals surface area contributed by atoms with Gasteiger partial charge in [0.25, 0.3) is 17.4 Å². The second kappa shape index (κ2) is 8.97. The Morgan fingerprint density at radius 2 is 1.90 bits per heavy atom. The highest BCUT2D eigenvalue weighted by Gasteiger charge is 2.46. The fourth-order valence-electron chi connectivity index (χ4n) is 3.50. The molecular formula is C22H23N3O6. The van der Waals surface area contributed by atoms with E-state index in [9.17, 15) is 24.8 Å². The van der Waals surface area contributed by atoms with Crippen LogP contribution in [0.4, 0.5) is 5.69 Å². The Kier molecular flexibility index (Phi) is 6.36. The smallest absolute Gasteiger partial charge is 0.295 e. The lowest BCUT2D eigenvalue weighted by Gasteiger charge is -2.26. The zero-order valence-corrected chi connectivity index (χ0v) is 17.4. The summed E-state index contributed by atoms with van der Waals surface area (Å²) in [5.74, 6) is -1.49. The predicted molar refractivity (Wildman–Crippen MR) is 114 cm³/mol. The van der Waals surface area contributed by atoms with Crippen molar-refractivity contribution in [3.05, 3.63) is 75.3 Å². The molecule has 0 aromatic heterocycles. The highest BCUT2D eigenvalue weighted by atomic mass is 16.6. The van der Waals surface area contributed by atoms with Gasteiger partial charge in [0.2, 0.25) is 0 Å². The number of non-ortho nitro benzene ring substituents is 1. The van der Waals surface area contributed by atoms with E-state index in [1.165, 1.54) is 30.2 Å². The molecule has 2 aromatic rings. The van der Waals surface area contributed by atoms with Gasteiger partial charge in [0.1, 0.15) is 11.5 Å². The predicted octanol–water partition coefficient (Wildman–Crippen LogP) is 2.59. The largest absolute Gasteiger partial charge is 0.507 e. The van der Waals surface area contributed by atoms with Crippen LogP contribution in [0, 0.1) is 10.1 Å². The van der Waals surface area contributed by atoms with Crippen molar-refractivity contribution >= 4 is 23.1 Å². The first-order valence-electron chi connectivity index (χ1n) is 9.56. The molecule has 1 amide bonds. The molecule has 1 saturated heterocycles. The van der Waals surface area contributed by atoms with Gasteiger partial charge in [-0.2, -0.15) is 0 Å². The minimum Gasteiger partial charge on any atom is -0.507 e. The summed E-state index contributed by atoms with van der Waals surface area (Å²) in [6, 6.07) is 11.3. The molecule has 0 spiro atoms. The maximum absolute atomic E-state index is 12.9. The van der Waals surface area contributed by atoms with Crippen LogP contribution in [-0.4, -0.2) is 65.8 Å². The summed E-state index contributed by atoms with van der Waals surface area (Å²) in [5.41, 5.74) is 0.395. The Morgan fingerprint density at radius 1 is 1.19 bits per heavy atom. The number of hydrogen-bond acceptors (Lipinski definition) is 7. The maximum atomic E-state index is 12.9. The van der Waals surface area contributed by atoms with Crippen molar-refractivity contribution in [2.75, 3.05) is 34.3 Å². The van der Waals surface area contributed by atoms with E-state index in [0.29, 0.717) is 23.4 Å². The van der Waals surface area contributed by atoms with Crippen LogP contribution in [0.5, 0.6) is 5.75 Å². The number of Topliss-reactive ketones (excluding diaryl/α,β-unsaturated/α-hetero) is 1. The van der Waals surface area contributed by atoms with Crippen LogP contribution >= 0.6 is 0 Å². The molecule has 1 heterocycles. The number of hydrogen-bond donors (Lipinski definition) is 1. The van der Waals surface area contributed by atoms with E-state index in [4.69, 9.17) is 4.74 Å². The molecule has 0 bridgehead atoms. The van der Waals surface area contributed by atoms with Crippen LogP contribution < -0.4 is 4.74 Å². The van der Waals surface area contributed by atoms with E-state index in [2.05, 4.69) is 0 Å². The second-order valence-corrected chi connectivity index (χ2v) is 7.38. The van der Waals surface area contributed by atoms with E-state index in [1.54, 1.807) is 30.3 Å².